The monoisotopic (exact) mass is 405 g/mol. The Morgan fingerprint density at radius 1 is 1.15 bits per heavy atom. The molecule has 2 N–H and O–H groups in total. The first kappa shape index (κ1) is 19.8. The minimum Gasteiger partial charge on any atom is -0.393 e. The Balaban J connectivity index is 2.25. The Bertz CT molecular complexity index is 959. The van der Waals surface area contributed by atoms with E-state index in [1.165, 1.54) is 30.5 Å². The Labute approximate surface area is 163 Å². The fourth-order valence-electron chi connectivity index (χ4n) is 3.51. The first-order valence-corrected chi connectivity index (χ1v) is 10.3. The summed E-state index contributed by atoms with van der Waals surface area (Å²) < 4.78 is 27.2. The molecule has 0 spiro atoms. The van der Waals surface area contributed by atoms with Crippen LogP contribution in [0.1, 0.15) is 12.5 Å². The van der Waals surface area contributed by atoms with Crippen LogP contribution in [-0.4, -0.2) is 42.2 Å². The summed E-state index contributed by atoms with van der Waals surface area (Å²) >= 11 is 5.89. The molecule has 3 unspecified atom stereocenters. The lowest BCUT2D eigenvalue weighted by molar-refractivity contribution is -0.0320. The highest BCUT2D eigenvalue weighted by molar-refractivity contribution is 7.92. The van der Waals surface area contributed by atoms with Crippen LogP contribution in [0.25, 0.3) is 0 Å². The standard InChI is InChI=1S/C20H20ClNO4S/c1-19(12-5-13-22-19)18(20(24,14-23)15-6-3-2-4-7-15)27(25,26)17-10-8-16(21)9-11-17/h2-13,18,23-24H,14H2,1H3. The molecule has 2 aromatic rings. The summed E-state index contributed by atoms with van der Waals surface area (Å²) in [6.07, 6.45) is 4.75. The molecule has 0 bridgehead atoms. The molecule has 0 saturated heterocycles. The summed E-state index contributed by atoms with van der Waals surface area (Å²) in [4.78, 5) is 4.30. The van der Waals surface area contributed by atoms with Crippen LogP contribution < -0.4 is 0 Å². The van der Waals surface area contributed by atoms with Crippen LogP contribution in [0.3, 0.4) is 0 Å². The summed E-state index contributed by atoms with van der Waals surface area (Å²) in [5.41, 5.74) is -3.03. The van der Waals surface area contributed by atoms with Gasteiger partial charge in [-0.25, -0.2) is 8.42 Å². The second-order valence-electron chi connectivity index (χ2n) is 6.69. The van der Waals surface area contributed by atoms with E-state index in [2.05, 4.69) is 4.99 Å². The summed E-state index contributed by atoms with van der Waals surface area (Å²) in [6, 6.07) is 14.0. The molecule has 1 heterocycles. The van der Waals surface area contributed by atoms with Gasteiger partial charge in [-0.05, 0) is 42.8 Å². The average molecular weight is 406 g/mol. The van der Waals surface area contributed by atoms with Crippen molar-refractivity contribution in [2.75, 3.05) is 6.61 Å². The number of aliphatic imine (C=N–C) groups is 1. The first-order chi connectivity index (χ1) is 12.7. The van der Waals surface area contributed by atoms with E-state index >= 15 is 0 Å². The van der Waals surface area contributed by atoms with E-state index in [1.807, 2.05) is 0 Å². The number of hydrogen-bond acceptors (Lipinski definition) is 5. The van der Waals surface area contributed by atoms with E-state index in [-0.39, 0.29) is 4.90 Å². The van der Waals surface area contributed by atoms with Crippen molar-refractivity contribution < 1.29 is 18.6 Å². The number of benzene rings is 2. The fourth-order valence-corrected chi connectivity index (χ4v) is 5.91. The van der Waals surface area contributed by atoms with Crippen LogP contribution >= 0.6 is 11.6 Å². The number of aliphatic hydroxyl groups is 2. The third-order valence-corrected chi connectivity index (χ3v) is 7.47. The van der Waals surface area contributed by atoms with Crippen LogP contribution in [0.4, 0.5) is 0 Å². The molecule has 142 valence electrons. The largest absolute Gasteiger partial charge is 0.393 e. The third-order valence-electron chi connectivity index (χ3n) is 4.80. The Morgan fingerprint density at radius 2 is 1.78 bits per heavy atom. The van der Waals surface area contributed by atoms with Gasteiger partial charge in [-0.15, -0.1) is 0 Å². The van der Waals surface area contributed by atoms with Gasteiger partial charge in [0, 0.05) is 11.2 Å². The Kier molecular flexibility index (Phi) is 5.27. The van der Waals surface area contributed by atoms with Gasteiger partial charge in [0.1, 0.15) is 10.9 Å². The zero-order chi connectivity index (χ0) is 19.7. The first-order valence-electron chi connectivity index (χ1n) is 8.35. The highest BCUT2D eigenvalue weighted by Crippen LogP contribution is 2.42. The normalized spacial score (nSPS) is 22.5. The maximum Gasteiger partial charge on any atom is 0.187 e. The number of allylic oxidation sites excluding steroid dienone is 1. The van der Waals surface area contributed by atoms with E-state index in [4.69, 9.17) is 11.6 Å². The van der Waals surface area contributed by atoms with Gasteiger partial charge in [-0.3, -0.25) is 4.99 Å². The smallest absolute Gasteiger partial charge is 0.187 e. The van der Waals surface area contributed by atoms with E-state index < -0.39 is 32.8 Å². The van der Waals surface area contributed by atoms with Crippen LogP contribution in [0, 0.1) is 0 Å². The summed E-state index contributed by atoms with van der Waals surface area (Å²) in [5.74, 6) is 0. The second kappa shape index (κ2) is 7.20. The van der Waals surface area contributed by atoms with E-state index in [9.17, 15) is 18.6 Å². The Morgan fingerprint density at radius 3 is 2.30 bits per heavy atom. The van der Waals surface area contributed by atoms with Crippen LogP contribution in [0.15, 0.2) is 76.6 Å². The maximum atomic E-state index is 13.6. The zero-order valence-electron chi connectivity index (χ0n) is 14.7. The molecule has 0 fully saturated rings. The second-order valence-corrected chi connectivity index (χ2v) is 9.16. The Hall–Kier alpha value is -1.99. The topological polar surface area (TPSA) is 87.0 Å². The molecule has 2 aromatic carbocycles. The molecule has 1 aliphatic rings. The molecule has 3 atom stereocenters. The predicted octanol–water partition coefficient (Wildman–Crippen LogP) is 2.76. The summed E-state index contributed by atoms with van der Waals surface area (Å²) in [5, 5.41) is 20.5. The van der Waals surface area contributed by atoms with Gasteiger partial charge in [0.05, 0.1) is 17.0 Å². The van der Waals surface area contributed by atoms with Gasteiger partial charge in [0.2, 0.25) is 0 Å². The van der Waals surface area contributed by atoms with Crippen molar-refractivity contribution in [1.29, 1.82) is 0 Å². The van der Waals surface area contributed by atoms with Crippen molar-refractivity contribution in [3.8, 4) is 0 Å². The van der Waals surface area contributed by atoms with Crippen molar-refractivity contribution in [3.63, 3.8) is 0 Å². The molecule has 0 radical (unpaired) electrons. The number of rotatable bonds is 6. The molecule has 5 nitrogen and oxygen atoms in total. The molecular formula is C20H20ClNO4S. The van der Waals surface area contributed by atoms with Crippen molar-refractivity contribution in [2.24, 2.45) is 4.99 Å². The molecule has 1 aliphatic heterocycles. The highest BCUT2D eigenvalue weighted by Gasteiger charge is 2.56. The van der Waals surface area contributed by atoms with Crippen LogP contribution in [0.2, 0.25) is 5.02 Å². The van der Waals surface area contributed by atoms with E-state index in [0.29, 0.717) is 10.6 Å². The number of halogens is 1. The minimum absolute atomic E-state index is 0.00330. The van der Waals surface area contributed by atoms with Gasteiger partial charge in [-0.2, -0.15) is 0 Å². The molecule has 0 saturated carbocycles. The predicted molar refractivity (Wildman–Crippen MR) is 106 cm³/mol. The van der Waals surface area contributed by atoms with Gasteiger partial charge >= 0.3 is 0 Å². The fraction of sp³-hybridized carbons (Fsp3) is 0.250. The van der Waals surface area contributed by atoms with Crippen molar-refractivity contribution in [1.82, 2.24) is 0 Å². The van der Waals surface area contributed by atoms with Crippen LogP contribution in [0.5, 0.6) is 0 Å². The quantitative estimate of drug-likeness (QED) is 0.773. The molecule has 0 aliphatic carbocycles. The third kappa shape index (κ3) is 3.46. The van der Waals surface area contributed by atoms with Gasteiger partial charge < -0.3 is 10.2 Å². The highest BCUT2D eigenvalue weighted by atomic mass is 35.5. The van der Waals surface area contributed by atoms with Crippen molar-refractivity contribution >= 4 is 27.7 Å². The van der Waals surface area contributed by atoms with Gasteiger partial charge in [0.15, 0.2) is 9.84 Å². The number of nitrogens with zero attached hydrogens (tertiary/aromatic N) is 1. The lowest BCUT2D eigenvalue weighted by Crippen LogP contribution is -2.57. The SMILES string of the molecule is CC1(C(C(O)(CO)c2ccccc2)S(=O)(=O)c2ccc(Cl)cc2)C=CC=N1. The molecule has 0 amide bonds. The number of hydrogen-bond donors (Lipinski definition) is 2. The number of sulfone groups is 1. The van der Waals surface area contributed by atoms with Gasteiger partial charge in [-0.1, -0.05) is 48.0 Å². The van der Waals surface area contributed by atoms with Crippen LogP contribution in [-0.2, 0) is 15.4 Å². The molecule has 0 aromatic heterocycles. The minimum atomic E-state index is -4.11. The molecular weight excluding hydrogens is 386 g/mol. The average Bonchev–Trinajstić information content (AvgIpc) is 3.09. The van der Waals surface area contributed by atoms with E-state index in [0.717, 1.165) is 0 Å². The summed E-state index contributed by atoms with van der Waals surface area (Å²) in [6.45, 7) is 0.835. The zero-order valence-corrected chi connectivity index (χ0v) is 16.2. The lowest BCUT2D eigenvalue weighted by Gasteiger charge is -2.41. The lowest BCUT2D eigenvalue weighted by atomic mass is 9.81. The molecule has 27 heavy (non-hydrogen) atoms. The van der Waals surface area contributed by atoms with E-state index in [1.54, 1.807) is 49.4 Å². The van der Waals surface area contributed by atoms with Gasteiger partial charge in [0.25, 0.3) is 0 Å². The maximum absolute atomic E-state index is 13.6. The van der Waals surface area contributed by atoms with Crippen molar-refractivity contribution in [3.05, 3.63) is 77.3 Å². The molecule has 7 heteroatoms. The number of aliphatic hydroxyl groups excluding tert-OH is 1. The summed E-state index contributed by atoms with van der Waals surface area (Å²) in [7, 11) is -4.11. The molecule has 3 rings (SSSR count). The van der Waals surface area contributed by atoms with Crippen molar-refractivity contribution in [2.45, 2.75) is 28.2 Å².